The maximum absolute atomic E-state index is 11.9. The molecule has 20 heavy (non-hydrogen) atoms. The van der Waals surface area contributed by atoms with Crippen LogP contribution in [0.4, 0.5) is 0 Å². The smallest absolute Gasteiger partial charge is 0.216 e. The monoisotopic (exact) mass is 292 g/mol. The zero-order valence-corrected chi connectivity index (χ0v) is 11.7. The summed E-state index contributed by atoms with van der Waals surface area (Å²) in [5, 5.41) is 7.51. The molecule has 2 aromatic rings. The van der Waals surface area contributed by atoms with Gasteiger partial charge in [0, 0.05) is 12.7 Å². The number of nitrogens with one attached hydrogen (secondary N) is 1. The maximum atomic E-state index is 11.9. The molecule has 0 amide bonds. The first-order chi connectivity index (χ1) is 9.59. The van der Waals surface area contributed by atoms with Crippen molar-refractivity contribution in [2.45, 2.75) is 18.8 Å². The topological polar surface area (TPSA) is 98.0 Å². The van der Waals surface area contributed by atoms with Crippen LogP contribution in [0.5, 0.6) is 0 Å². The molecule has 6 nitrogen and oxygen atoms in total. The highest BCUT2D eigenvalue weighted by atomic mass is 32.2. The Morgan fingerprint density at radius 2 is 1.80 bits per heavy atom. The van der Waals surface area contributed by atoms with Gasteiger partial charge in [0.05, 0.1) is 18.0 Å². The van der Waals surface area contributed by atoms with Gasteiger partial charge in [0.15, 0.2) is 0 Å². The van der Waals surface area contributed by atoms with E-state index < -0.39 is 10.0 Å². The maximum Gasteiger partial charge on any atom is 0.216 e. The summed E-state index contributed by atoms with van der Waals surface area (Å²) in [6, 6.07) is 10.6. The van der Waals surface area contributed by atoms with Crippen molar-refractivity contribution >= 4 is 10.0 Å². The van der Waals surface area contributed by atoms with Gasteiger partial charge in [-0.25, -0.2) is 13.1 Å². The van der Waals surface area contributed by atoms with Gasteiger partial charge < -0.3 is 5.73 Å². The lowest BCUT2D eigenvalue weighted by molar-refractivity contribution is 0.579. The molecule has 0 unspecified atom stereocenters. The van der Waals surface area contributed by atoms with Gasteiger partial charge in [0.25, 0.3) is 0 Å². The molecule has 0 spiro atoms. The van der Waals surface area contributed by atoms with E-state index in [0.29, 0.717) is 17.8 Å². The second kappa shape index (κ2) is 6.56. The molecule has 106 valence electrons. The van der Waals surface area contributed by atoms with Gasteiger partial charge in [-0.05, 0) is 23.3 Å². The van der Waals surface area contributed by atoms with Crippen LogP contribution in [0, 0.1) is 0 Å². The Balaban J connectivity index is 1.96. The number of rotatable bonds is 6. The molecule has 1 heterocycles. The van der Waals surface area contributed by atoms with Crippen LogP contribution in [0.3, 0.4) is 0 Å². The van der Waals surface area contributed by atoms with Crippen molar-refractivity contribution in [2.24, 2.45) is 5.73 Å². The molecule has 0 aliphatic rings. The normalized spacial score (nSPS) is 11.4. The average Bonchev–Trinajstić information content (AvgIpc) is 2.47. The van der Waals surface area contributed by atoms with Crippen LogP contribution in [-0.4, -0.2) is 18.6 Å². The molecule has 2 rings (SSSR count). The molecule has 3 N–H and O–H groups in total. The van der Waals surface area contributed by atoms with Crippen LogP contribution in [0.1, 0.15) is 16.8 Å². The van der Waals surface area contributed by atoms with Crippen molar-refractivity contribution in [2.75, 3.05) is 0 Å². The lowest BCUT2D eigenvalue weighted by atomic mass is 10.1. The van der Waals surface area contributed by atoms with Crippen LogP contribution in [0.2, 0.25) is 0 Å². The molecule has 0 saturated carbocycles. The van der Waals surface area contributed by atoms with Gasteiger partial charge in [0.1, 0.15) is 0 Å². The van der Waals surface area contributed by atoms with Crippen molar-refractivity contribution < 1.29 is 8.42 Å². The Morgan fingerprint density at radius 3 is 2.40 bits per heavy atom. The van der Waals surface area contributed by atoms with E-state index in [0.717, 1.165) is 5.56 Å². The van der Waals surface area contributed by atoms with Gasteiger partial charge in [0.2, 0.25) is 10.0 Å². The fourth-order valence-electron chi connectivity index (χ4n) is 1.65. The number of nitrogens with two attached hydrogens (primary N) is 1. The zero-order chi connectivity index (χ0) is 14.4. The van der Waals surface area contributed by atoms with Crippen molar-refractivity contribution in [3.8, 4) is 0 Å². The summed E-state index contributed by atoms with van der Waals surface area (Å²) in [7, 11) is -3.40. The highest BCUT2D eigenvalue weighted by Gasteiger charge is 2.11. The summed E-state index contributed by atoms with van der Waals surface area (Å²) >= 11 is 0. The Labute approximate surface area is 118 Å². The summed E-state index contributed by atoms with van der Waals surface area (Å²) in [4.78, 5) is 0. The van der Waals surface area contributed by atoms with E-state index in [-0.39, 0.29) is 12.3 Å². The third kappa shape index (κ3) is 4.37. The van der Waals surface area contributed by atoms with E-state index in [2.05, 4.69) is 14.9 Å². The van der Waals surface area contributed by atoms with E-state index >= 15 is 0 Å². The van der Waals surface area contributed by atoms with E-state index in [1.54, 1.807) is 24.3 Å². The Bertz CT molecular complexity index is 642. The average molecular weight is 292 g/mol. The molecular formula is C13H16N4O2S. The molecule has 0 aliphatic heterocycles. The van der Waals surface area contributed by atoms with E-state index in [1.807, 2.05) is 12.1 Å². The molecule has 0 bridgehead atoms. The van der Waals surface area contributed by atoms with E-state index in [1.165, 1.54) is 6.20 Å². The Hall–Kier alpha value is -1.83. The van der Waals surface area contributed by atoms with Crippen molar-refractivity contribution in [3.63, 3.8) is 0 Å². The van der Waals surface area contributed by atoms with E-state index in [4.69, 9.17) is 5.73 Å². The Kier molecular flexibility index (Phi) is 4.78. The number of hydrogen-bond donors (Lipinski definition) is 2. The fourth-order valence-corrected chi connectivity index (χ4v) is 2.75. The lowest BCUT2D eigenvalue weighted by Gasteiger charge is -2.06. The second-order valence-electron chi connectivity index (χ2n) is 4.32. The summed E-state index contributed by atoms with van der Waals surface area (Å²) < 4.78 is 26.4. The summed E-state index contributed by atoms with van der Waals surface area (Å²) in [5.74, 6) is -0.0713. The third-order valence-electron chi connectivity index (χ3n) is 2.72. The summed E-state index contributed by atoms with van der Waals surface area (Å²) in [5.41, 5.74) is 7.76. The van der Waals surface area contributed by atoms with Crippen molar-refractivity contribution in [3.05, 3.63) is 59.4 Å². The van der Waals surface area contributed by atoms with Gasteiger partial charge >= 0.3 is 0 Å². The van der Waals surface area contributed by atoms with E-state index in [9.17, 15) is 8.42 Å². The van der Waals surface area contributed by atoms with Crippen LogP contribution < -0.4 is 10.5 Å². The van der Waals surface area contributed by atoms with Gasteiger partial charge in [-0.1, -0.05) is 24.3 Å². The molecule has 0 atom stereocenters. The summed E-state index contributed by atoms with van der Waals surface area (Å²) in [6.07, 6.45) is 1.54. The van der Waals surface area contributed by atoms with Crippen molar-refractivity contribution in [1.82, 2.24) is 14.9 Å². The highest BCUT2D eigenvalue weighted by Crippen LogP contribution is 2.07. The second-order valence-corrected chi connectivity index (χ2v) is 6.12. The largest absolute Gasteiger partial charge is 0.326 e. The number of benzene rings is 1. The van der Waals surface area contributed by atoms with Crippen LogP contribution in [-0.2, 0) is 28.9 Å². The van der Waals surface area contributed by atoms with Crippen molar-refractivity contribution in [1.29, 1.82) is 0 Å². The molecule has 0 aliphatic carbocycles. The SMILES string of the molecule is NCc1ccc(CS(=O)(=O)NCc2cccnn2)cc1. The zero-order valence-electron chi connectivity index (χ0n) is 10.9. The van der Waals surface area contributed by atoms with Gasteiger partial charge in [-0.2, -0.15) is 10.2 Å². The standard InChI is InChI=1S/C13H16N4O2S/c14-8-11-3-5-12(6-4-11)10-20(18,19)16-9-13-2-1-7-15-17-13/h1-7,16H,8-10,14H2. The Morgan fingerprint density at radius 1 is 1.10 bits per heavy atom. The summed E-state index contributed by atoms with van der Waals surface area (Å²) in [6.45, 7) is 0.578. The minimum absolute atomic E-state index is 0.0713. The lowest BCUT2D eigenvalue weighted by Crippen LogP contribution is -2.25. The predicted molar refractivity (Wildman–Crippen MR) is 75.8 cm³/mol. The number of nitrogens with zero attached hydrogens (tertiary/aromatic N) is 2. The molecular weight excluding hydrogens is 276 g/mol. The van der Waals surface area contributed by atoms with Gasteiger partial charge in [-0.15, -0.1) is 0 Å². The molecule has 1 aromatic carbocycles. The molecule has 0 radical (unpaired) electrons. The van der Waals surface area contributed by atoms with Gasteiger partial charge in [-0.3, -0.25) is 0 Å². The highest BCUT2D eigenvalue weighted by molar-refractivity contribution is 7.88. The molecule has 7 heteroatoms. The quantitative estimate of drug-likeness (QED) is 0.810. The van der Waals surface area contributed by atoms with Crippen LogP contribution in [0.15, 0.2) is 42.6 Å². The van der Waals surface area contributed by atoms with Crippen LogP contribution >= 0.6 is 0 Å². The number of sulfonamides is 1. The predicted octanol–water partition coefficient (Wildman–Crippen LogP) is 0.555. The fraction of sp³-hybridized carbons (Fsp3) is 0.231. The molecule has 0 fully saturated rings. The first-order valence-electron chi connectivity index (χ1n) is 6.11. The minimum atomic E-state index is -3.40. The molecule has 0 saturated heterocycles. The first kappa shape index (κ1) is 14.6. The third-order valence-corrected chi connectivity index (χ3v) is 4.01. The number of aromatic nitrogens is 2. The number of hydrogen-bond acceptors (Lipinski definition) is 5. The molecule has 1 aromatic heterocycles. The minimum Gasteiger partial charge on any atom is -0.326 e. The first-order valence-corrected chi connectivity index (χ1v) is 7.76. The van der Waals surface area contributed by atoms with Crippen LogP contribution in [0.25, 0.3) is 0 Å².